The number of benzene rings is 2. The molecular weight excluding hydrogens is 371 g/mol. The van der Waals surface area contributed by atoms with Gasteiger partial charge in [-0.15, -0.1) is 0 Å². The molecule has 27 heavy (non-hydrogen) atoms. The number of ether oxygens (including phenoxy) is 1. The summed E-state index contributed by atoms with van der Waals surface area (Å²) < 4.78 is 19.1. The molecular formula is C19H15FN2O4S. The van der Waals surface area contributed by atoms with Gasteiger partial charge in [-0.2, -0.15) is 0 Å². The summed E-state index contributed by atoms with van der Waals surface area (Å²) in [6, 6.07) is 12.7. The largest absolute Gasteiger partial charge is 0.483 e. The van der Waals surface area contributed by atoms with Crippen molar-refractivity contribution in [3.8, 4) is 5.75 Å². The fourth-order valence-corrected chi connectivity index (χ4v) is 3.28. The van der Waals surface area contributed by atoms with Crippen LogP contribution in [-0.4, -0.2) is 28.6 Å². The molecule has 0 spiro atoms. The van der Waals surface area contributed by atoms with Gasteiger partial charge in [0.05, 0.1) is 11.4 Å². The second-order valence-electron chi connectivity index (χ2n) is 5.65. The van der Waals surface area contributed by atoms with Crippen molar-refractivity contribution in [2.45, 2.75) is 6.54 Å². The zero-order valence-electron chi connectivity index (χ0n) is 14.1. The van der Waals surface area contributed by atoms with Gasteiger partial charge in [-0.3, -0.25) is 19.3 Å². The number of carbonyl (C=O) groups is 3. The molecule has 1 heterocycles. The molecule has 1 aliphatic heterocycles. The van der Waals surface area contributed by atoms with Crippen molar-refractivity contribution in [3.05, 3.63) is 70.4 Å². The van der Waals surface area contributed by atoms with Gasteiger partial charge >= 0.3 is 0 Å². The molecule has 8 heteroatoms. The van der Waals surface area contributed by atoms with Crippen molar-refractivity contribution in [1.29, 1.82) is 0 Å². The quantitative estimate of drug-likeness (QED) is 0.771. The third-order valence-corrected chi connectivity index (χ3v) is 4.64. The van der Waals surface area contributed by atoms with Crippen molar-refractivity contribution in [2.24, 2.45) is 5.73 Å². The van der Waals surface area contributed by atoms with Crippen LogP contribution in [0.1, 0.15) is 11.1 Å². The molecule has 3 rings (SSSR count). The van der Waals surface area contributed by atoms with E-state index in [1.54, 1.807) is 30.3 Å². The highest BCUT2D eigenvalue weighted by molar-refractivity contribution is 8.18. The van der Waals surface area contributed by atoms with Crippen molar-refractivity contribution in [3.63, 3.8) is 0 Å². The maximum absolute atomic E-state index is 13.8. The minimum absolute atomic E-state index is 0.144. The zero-order chi connectivity index (χ0) is 19.4. The van der Waals surface area contributed by atoms with Crippen LogP contribution < -0.4 is 10.5 Å². The Kier molecular flexibility index (Phi) is 5.56. The van der Waals surface area contributed by atoms with Crippen LogP contribution in [0.2, 0.25) is 0 Å². The number of primary amides is 1. The molecule has 2 aromatic rings. The molecule has 3 amide bonds. The average molecular weight is 386 g/mol. The van der Waals surface area contributed by atoms with Crippen LogP contribution in [-0.2, 0) is 16.1 Å². The van der Waals surface area contributed by atoms with Gasteiger partial charge in [0.15, 0.2) is 6.61 Å². The molecule has 1 saturated heterocycles. The first-order valence-corrected chi connectivity index (χ1v) is 8.76. The smallest absolute Gasteiger partial charge is 0.293 e. The lowest BCUT2D eigenvalue weighted by atomic mass is 10.1. The van der Waals surface area contributed by atoms with E-state index in [1.165, 1.54) is 24.3 Å². The third kappa shape index (κ3) is 4.35. The van der Waals surface area contributed by atoms with E-state index in [-0.39, 0.29) is 23.6 Å². The Morgan fingerprint density at radius 1 is 1.15 bits per heavy atom. The Balaban J connectivity index is 1.83. The van der Waals surface area contributed by atoms with Crippen LogP contribution in [0, 0.1) is 5.82 Å². The lowest BCUT2D eigenvalue weighted by Crippen LogP contribution is -2.27. The molecule has 0 aliphatic carbocycles. The number of hydrogen-bond acceptors (Lipinski definition) is 5. The van der Waals surface area contributed by atoms with E-state index in [1.807, 2.05) is 0 Å². The van der Waals surface area contributed by atoms with Crippen molar-refractivity contribution in [1.82, 2.24) is 4.90 Å². The van der Waals surface area contributed by atoms with E-state index in [2.05, 4.69) is 0 Å². The number of amides is 3. The minimum atomic E-state index is -0.630. The van der Waals surface area contributed by atoms with Crippen molar-refractivity contribution < 1.29 is 23.5 Å². The van der Waals surface area contributed by atoms with Gasteiger partial charge in [0.2, 0.25) is 0 Å². The monoisotopic (exact) mass is 386 g/mol. The van der Waals surface area contributed by atoms with Crippen molar-refractivity contribution >= 4 is 34.9 Å². The van der Waals surface area contributed by atoms with E-state index in [4.69, 9.17) is 10.5 Å². The second-order valence-corrected chi connectivity index (χ2v) is 6.65. The fourth-order valence-electron chi connectivity index (χ4n) is 2.45. The summed E-state index contributed by atoms with van der Waals surface area (Å²) >= 11 is 0.764. The summed E-state index contributed by atoms with van der Waals surface area (Å²) in [5.41, 5.74) is 5.86. The summed E-state index contributed by atoms with van der Waals surface area (Å²) in [6.07, 6.45) is 1.50. The number of carbonyl (C=O) groups excluding carboxylic acids is 3. The number of hydrogen-bond donors (Lipinski definition) is 1. The van der Waals surface area contributed by atoms with Crippen LogP contribution in [0.3, 0.4) is 0 Å². The highest BCUT2D eigenvalue weighted by Gasteiger charge is 2.35. The lowest BCUT2D eigenvalue weighted by molar-refractivity contribution is -0.123. The molecule has 0 bridgehead atoms. The lowest BCUT2D eigenvalue weighted by Gasteiger charge is -2.13. The maximum atomic E-state index is 13.8. The van der Waals surface area contributed by atoms with Crippen LogP contribution in [0.5, 0.6) is 5.75 Å². The third-order valence-electron chi connectivity index (χ3n) is 3.74. The second kappa shape index (κ2) is 8.05. The number of thioether (sulfide) groups is 1. The first-order valence-electron chi connectivity index (χ1n) is 7.94. The number of imide groups is 1. The number of nitrogens with two attached hydrogens (primary N) is 1. The Hall–Kier alpha value is -3.13. The summed E-state index contributed by atoms with van der Waals surface area (Å²) in [5, 5.41) is -0.481. The maximum Gasteiger partial charge on any atom is 0.293 e. The predicted molar refractivity (Wildman–Crippen MR) is 99.0 cm³/mol. The zero-order valence-corrected chi connectivity index (χ0v) is 14.9. The van der Waals surface area contributed by atoms with E-state index in [0.29, 0.717) is 11.3 Å². The molecule has 2 N–H and O–H groups in total. The standard InChI is InChI=1S/C19H15FN2O4S/c20-14-7-3-1-6-13(14)10-22-18(24)16(27-19(22)25)9-12-5-2-4-8-15(12)26-11-17(21)23/h1-9H,10-11H2,(H2,21,23). The Morgan fingerprint density at radius 3 is 2.59 bits per heavy atom. The molecule has 138 valence electrons. The van der Waals surface area contributed by atoms with Crippen LogP contribution >= 0.6 is 11.8 Å². The van der Waals surface area contributed by atoms with Gasteiger partial charge < -0.3 is 10.5 Å². The molecule has 0 radical (unpaired) electrons. The highest BCUT2D eigenvalue weighted by atomic mass is 32.2. The Bertz CT molecular complexity index is 945. The first kappa shape index (κ1) is 18.7. The summed E-state index contributed by atoms with van der Waals surface area (Å²) in [4.78, 5) is 36.9. The first-order chi connectivity index (χ1) is 13.0. The predicted octanol–water partition coefficient (Wildman–Crippen LogP) is 2.93. The van der Waals surface area contributed by atoms with Gasteiger partial charge in [0.1, 0.15) is 11.6 Å². The molecule has 0 saturated carbocycles. The minimum Gasteiger partial charge on any atom is -0.483 e. The van der Waals surface area contributed by atoms with Crippen LogP contribution in [0.4, 0.5) is 9.18 Å². The molecule has 0 aromatic heterocycles. The number of halogens is 1. The van der Waals surface area contributed by atoms with Gasteiger partial charge in [-0.1, -0.05) is 36.4 Å². The molecule has 2 aromatic carbocycles. The Labute approximate surface area is 158 Å². The average Bonchev–Trinajstić information content (AvgIpc) is 2.90. The van der Waals surface area contributed by atoms with Crippen LogP contribution in [0.15, 0.2) is 53.4 Å². The molecule has 0 unspecified atom stereocenters. The number of rotatable bonds is 6. The fraction of sp³-hybridized carbons (Fsp3) is 0.105. The topological polar surface area (TPSA) is 89.7 Å². The summed E-state index contributed by atoms with van der Waals surface area (Å²) in [5.74, 6) is -1.27. The van der Waals surface area contributed by atoms with E-state index in [9.17, 15) is 18.8 Å². The normalized spacial score (nSPS) is 15.4. The number of nitrogens with zero attached hydrogens (tertiary/aromatic N) is 1. The van der Waals surface area contributed by atoms with E-state index in [0.717, 1.165) is 16.7 Å². The molecule has 1 fully saturated rings. The van der Waals surface area contributed by atoms with E-state index < -0.39 is 22.9 Å². The van der Waals surface area contributed by atoms with Gasteiger partial charge in [-0.05, 0) is 30.0 Å². The van der Waals surface area contributed by atoms with Crippen molar-refractivity contribution in [2.75, 3.05) is 6.61 Å². The van der Waals surface area contributed by atoms with Gasteiger partial charge in [0, 0.05) is 11.1 Å². The summed E-state index contributed by atoms with van der Waals surface area (Å²) in [6.45, 7) is -0.450. The van der Waals surface area contributed by atoms with E-state index >= 15 is 0 Å². The van der Waals surface area contributed by atoms with Gasteiger partial charge in [0.25, 0.3) is 17.1 Å². The van der Waals surface area contributed by atoms with Gasteiger partial charge in [-0.25, -0.2) is 4.39 Å². The van der Waals surface area contributed by atoms with Crippen LogP contribution in [0.25, 0.3) is 6.08 Å². The Morgan fingerprint density at radius 2 is 1.85 bits per heavy atom. The number of para-hydroxylation sites is 1. The SMILES string of the molecule is NC(=O)COc1ccccc1C=C1SC(=O)N(Cc2ccccc2F)C1=O. The molecule has 1 aliphatic rings. The molecule has 0 atom stereocenters. The summed E-state index contributed by atoms with van der Waals surface area (Å²) in [7, 11) is 0. The highest BCUT2D eigenvalue weighted by Crippen LogP contribution is 2.35. The molecule has 6 nitrogen and oxygen atoms in total.